The van der Waals surface area contributed by atoms with E-state index in [1.807, 2.05) is 0 Å². The second kappa shape index (κ2) is 4.90. The first kappa shape index (κ1) is 13.1. The maximum atomic E-state index is 12.4. The number of rotatable bonds is 2. The molecule has 2 fully saturated rings. The Balaban J connectivity index is 1.75. The molecule has 0 aromatic carbocycles. The Bertz CT molecular complexity index is 541. The topological polar surface area (TPSA) is 86.9 Å². The minimum absolute atomic E-state index is 0.0721. The second-order valence-corrected chi connectivity index (χ2v) is 5.47. The minimum Gasteiger partial charge on any atom is -0.475 e. The van der Waals surface area contributed by atoms with Crippen LogP contribution >= 0.6 is 0 Å². The SMILES string of the molecule is CN1C2CCC1CN(C(=O)c1cc(C(=O)O)on1)CC2. The molecule has 2 atom stereocenters. The molecule has 108 valence electrons. The number of carbonyl (C=O) groups excluding carboxylic acids is 1. The summed E-state index contributed by atoms with van der Waals surface area (Å²) in [4.78, 5) is 27.2. The number of aromatic carboxylic acids is 1. The molecule has 3 heterocycles. The van der Waals surface area contributed by atoms with Gasteiger partial charge < -0.3 is 14.5 Å². The van der Waals surface area contributed by atoms with E-state index in [4.69, 9.17) is 5.11 Å². The van der Waals surface area contributed by atoms with Crippen molar-refractivity contribution in [2.45, 2.75) is 31.3 Å². The predicted molar refractivity (Wildman–Crippen MR) is 68.6 cm³/mol. The summed E-state index contributed by atoms with van der Waals surface area (Å²) in [6.07, 6.45) is 3.24. The number of carbonyl (C=O) groups is 2. The second-order valence-electron chi connectivity index (χ2n) is 5.47. The molecule has 1 N–H and O–H groups in total. The van der Waals surface area contributed by atoms with Gasteiger partial charge in [0.05, 0.1) is 0 Å². The van der Waals surface area contributed by atoms with Crippen LogP contribution in [0.2, 0.25) is 0 Å². The molecule has 1 aromatic rings. The monoisotopic (exact) mass is 279 g/mol. The van der Waals surface area contributed by atoms with Crippen LogP contribution in [0.1, 0.15) is 40.3 Å². The zero-order chi connectivity index (χ0) is 14.3. The number of amides is 1. The van der Waals surface area contributed by atoms with Crippen molar-refractivity contribution in [1.29, 1.82) is 0 Å². The van der Waals surface area contributed by atoms with Crippen LogP contribution in [0, 0.1) is 0 Å². The van der Waals surface area contributed by atoms with Crippen LogP contribution in [0.5, 0.6) is 0 Å². The summed E-state index contributed by atoms with van der Waals surface area (Å²) in [5.41, 5.74) is 0.0721. The number of likely N-dealkylation sites (N-methyl/N-ethyl adjacent to an activating group) is 1. The molecule has 20 heavy (non-hydrogen) atoms. The first-order valence-corrected chi connectivity index (χ1v) is 6.77. The van der Waals surface area contributed by atoms with E-state index in [0.29, 0.717) is 25.2 Å². The quantitative estimate of drug-likeness (QED) is 0.856. The average molecular weight is 279 g/mol. The summed E-state index contributed by atoms with van der Waals surface area (Å²) in [6, 6.07) is 2.12. The van der Waals surface area contributed by atoms with Crippen molar-refractivity contribution in [3.05, 3.63) is 17.5 Å². The third-order valence-electron chi connectivity index (χ3n) is 4.38. The summed E-state index contributed by atoms with van der Waals surface area (Å²) in [5.74, 6) is -1.77. The van der Waals surface area contributed by atoms with Crippen molar-refractivity contribution in [2.75, 3.05) is 20.1 Å². The van der Waals surface area contributed by atoms with Crippen LogP contribution in [-0.4, -0.2) is 64.2 Å². The highest BCUT2D eigenvalue weighted by molar-refractivity contribution is 5.94. The van der Waals surface area contributed by atoms with E-state index in [0.717, 1.165) is 12.8 Å². The van der Waals surface area contributed by atoms with Gasteiger partial charge in [-0.25, -0.2) is 4.79 Å². The Morgan fingerprint density at radius 2 is 2.10 bits per heavy atom. The first-order chi connectivity index (χ1) is 9.56. The van der Waals surface area contributed by atoms with Gasteiger partial charge in [-0.1, -0.05) is 5.16 Å². The number of carboxylic acids is 1. The highest BCUT2D eigenvalue weighted by Gasteiger charge is 2.36. The summed E-state index contributed by atoms with van der Waals surface area (Å²) >= 11 is 0. The maximum absolute atomic E-state index is 12.4. The van der Waals surface area contributed by atoms with Crippen molar-refractivity contribution in [2.24, 2.45) is 0 Å². The fourth-order valence-electron chi connectivity index (χ4n) is 3.13. The summed E-state index contributed by atoms with van der Waals surface area (Å²) < 4.78 is 4.64. The van der Waals surface area contributed by atoms with Crippen LogP contribution < -0.4 is 0 Å². The minimum atomic E-state index is -1.22. The van der Waals surface area contributed by atoms with E-state index < -0.39 is 5.97 Å². The first-order valence-electron chi connectivity index (χ1n) is 6.77. The molecule has 2 unspecified atom stereocenters. The Morgan fingerprint density at radius 1 is 1.35 bits per heavy atom. The molecule has 0 aliphatic carbocycles. The lowest BCUT2D eigenvalue weighted by atomic mass is 10.1. The lowest BCUT2D eigenvalue weighted by Gasteiger charge is -2.25. The van der Waals surface area contributed by atoms with Gasteiger partial charge in [0.1, 0.15) is 0 Å². The molecule has 2 bridgehead atoms. The van der Waals surface area contributed by atoms with E-state index in [-0.39, 0.29) is 17.4 Å². The summed E-state index contributed by atoms with van der Waals surface area (Å²) in [6.45, 7) is 1.35. The Hall–Kier alpha value is -1.89. The maximum Gasteiger partial charge on any atom is 0.374 e. The van der Waals surface area contributed by atoms with Crippen LogP contribution in [0.15, 0.2) is 10.6 Å². The van der Waals surface area contributed by atoms with Gasteiger partial charge in [0.25, 0.3) is 5.91 Å². The number of nitrogens with zero attached hydrogens (tertiary/aromatic N) is 3. The number of fused-ring (bicyclic) bond motifs is 2. The zero-order valence-corrected chi connectivity index (χ0v) is 11.3. The third-order valence-corrected chi connectivity index (χ3v) is 4.38. The van der Waals surface area contributed by atoms with E-state index >= 15 is 0 Å². The van der Waals surface area contributed by atoms with Gasteiger partial charge in [-0.05, 0) is 26.3 Å². The van der Waals surface area contributed by atoms with E-state index in [9.17, 15) is 9.59 Å². The molecule has 1 aromatic heterocycles. The van der Waals surface area contributed by atoms with Crippen LogP contribution in [0.3, 0.4) is 0 Å². The number of aromatic nitrogens is 1. The van der Waals surface area contributed by atoms with Crippen LogP contribution in [0.25, 0.3) is 0 Å². The van der Waals surface area contributed by atoms with Gasteiger partial charge in [0.15, 0.2) is 5.69 Å². The average Bonchev–Trinajstić information content (AvgIpc) is 2.95. The number of likely N-dealkylation sites (tertiary alicyclic amines) is 1. The van der Waals surface area contributed by atoms with Crippen molar-refractivity contribution >= 4 is 11.9 Å². The summed E-state index contributed by atoms with van der Waals surface area (Å²) in [7, 11) is 2.11. The summed E-state index contributed by atoms with van der Waals surface area (Å²) in [5, 5.41) is 12.4. The molecule has 0 saturated carbocycles. The van der Waals surface area contributed by atoms with Crippen LogP contribution in [-0.2, 0) is 0 Å². The van der Waals surface area contributed by atoms with Crippen molar-refractivity contribution in [3.8, 4) is 0 Å². The predicted octanol–water partition coefficient (Wildman–Crippen LogP) is 0.681. The van der Waals surface area contributed by atoms with Crippen molar-refractivity contribution in [1.82, 2.24) is 15.0 Å². The van der Waals surface area contributed by atoms with Crippen molar-refractivity contribution in [3.63, 3.8) is 0 Å². The molecule has 0 radical (unpaired) electrons. The number of carboxylic acid groups (broad SMARTS) is 1. The highest BCUT2D eigenvalue weighted by atomic mass is 16.5. The Morgan fingerprint density at radius 3 is 2.80 bits per heavy atom. The standard InChI is InChI=1S/C13H17N3O4/c1-15-8-2-3-9(15)7-16(5-4-8)12(17)10-6-11(13(18)19)20-14-10/h6,8-9H,2-5,7H2,1H3,(H,18,19). The smallest absolute Gasteiger partial charge is 0.374 e. The highest BCUT2D eigenvalue weighted by Crippen LogP contribution is 2.28. The molecular formula is C13H17N3O4. The molecule has 3 rings (SSSR count). The van der Waals surface area contributed by atoms with Gasteiger partial charge in [0, 0.05) is 31.2 Å². The normalized spacial score (nSPS) is 26.6. The molecule has 2 aliphatic rings. The van der Waals surface area contributed by atoms with Gasteiger partial charge in [-0.3, -0.25) is 9.69 Å². The fourth-order valence-corrected chi connectivity index (χ4v) is 3.13. The molecule has 2 saturated heterocycles. The van der Waals surface area contributed by atoms with E-state index in [2.05, 4.69) is 21.6 Å². The lowest BCUT2D eigenvalue weighted by Crippen LogP contribution is -2.39. The number of hydrogen-bond acceptors (Lipinski definition) is 5. The van der Waals surface area contributed by atoms with Gasteiger partial charge in [0.2, 0.25) is 5.76 Å². The van der Waals surface area contributed by atoms with Gasteiger partial charge in [-0.2, -0.15) is 0 Å². The lowest BCUT2D eigenvalue weighted by molar-refractivity contribution is 0.0648. The molecule has 0 spiro atoms. The molecule has 2 aliphatic heterocycles. The molecule has 1 amide bonds. The molecular weight excluding hydrogens is 262 g/mol. The van der Waals surface area contributed by atoms with Crippen molar-refractivity contribution < 1.29 is 19.2 Å². The van der Waals surface area contributed by atoms with Gasteiger partial charge >= 0.3 is 5.97 Å². The molecule has 7 heteroatoms. The largest absolute Gasteiger partial charge is 0.475 e. The Labute approximate surface area is 116 Å². The van der Waals surface area contributed by atoms with Gasteiger partial charge in [-0.15, -0.1) is 0 Å². The van der Waals surface area contributed by atoms with E-state index in [1.54, 1.807) is 4.90 Å². The van der Waals surface area contributed by atoms with Crippen LogP contribution in [0.4, 0.5) is 0 Å². The zero-order valence-electron chi connectivity index (χ0n) is 11.3. The Kier molecular flexibility index (Phi) is 3.21. The van der Waals surface area contributed by atoms with E-state index in [1.165, 1.54) is 12.5 Å². The number of hydrogen-bond donors (Lipinski definition) is 1. The molecule has 7 nitrogen and oxygen atoms in total. The fraction of sp³-hybridized carbons (Fsp3) is 0.615. The third kappa shape index (κ3) is 2.18.